The van der Waals surface area contributed by atoms with Gasteiger partial charge in [-0.05, 0) is 31.5 Å². The van der Waals surface area contributed by atoms with Gasteiger partial charge in [-0.15, -0.1) is 0 Å². The number of carbonyl (C=O) groups is 2. The molecule has 1 aliphatic heterocycles. The summed E-state index contributed by atoms with van der Waals surface area (Å²) in [4.78, 5) is 28.9. The van der Waals surface area contributed by atoms with Gasteiger partial charge in [-0.1, -0.05) is 11.8 Å². The molecule has 0 bridgehead atoms. The van der Waals surface area contributed by atoms with Gasteiger partial charge in [-0.25, -0.2) is 9.79 Å². The smallest absolute Gasteiger partial charge is 0.338 e. The van der Waals surface area contributed by atoms with Gasteiger partial charge >= 0.3 is 11.9 Å². The number of aliphatic imine (C=N–C) groups is 1. The quantitative estimate of drug-likeness (QED) is 0.613. The normalized spacial score (nSPS) is 15.7. The Labute approximate surface area is 179 Å². The first-order valence-electron chi connectivity index (χ1n) is 9.12. The van der Waals surface area contributed by atoms with Crippen molar-refractivity contribution in [3.8, 4) is 17.2 Å². The molecule has 0 spiro atoms. The first-order chi connectivity index (χ1) is 14.4. The number of nitrogens with one attached hydrogen (secondary N) is 1. The van der Waals surface area contributed by atoms with Crippen molar-refractivity contribution < 1.29 is 33.3 Å². The monoisotopic (exact) mass is 438 g/mol. The number of amidine groups is 1. The molecular weight excluding hydrogens is 412 g/mol. The summed E-state index contributed by atoms with van der Waals surface area (Å²) >= 11 is 1.18. The molecule has 0 aromatic heterocycles. The van der Waals surface area contributed by atoms with Crippen LogP contribution in [0.5, 0.6) is 17.2 Å². The first-order valence-corrected chi connectivity index (χ1v) is 10.1. The molecule has 1 N–H and O–H groups in total. The van der Waals surface area contributed by atoms with Crippen LogP contribution < -0.4 is 19.5 Å². The van der Waals surface area contributed by atoms with Crippen LogP contribution in [0.4, 0.5) is 0 Å². The summed E-state index contributed by atoms with van der Waals surface area (Å²) in [5.74, 6) is 0.510. The highest BCUT2D eigenvalue weighted by Crippen LogP contribution is 2.43. The lowest BCUT2D eigenvalue weighted by atomic mass is 9.96. The molecule has 30 heavy (non-hydrogen) atoms. The molecule has 0 aliphatic carbocycles. The SMILES string of the molecule is CCOC(=O)C1=C(C)NC(SCC(=O)OC)=N[C@@H]1c1cc(OC)c(OC)c(OC)c1. The van der Waals surface area contributed by atoms with E-state index in [1.165, 1.54) is 40.2 Å². The average molecular weight is 439 g/mol. The number of rotatable bonds is 8. The van der Waals surface area contributed by atoms with E-state index in [1.807, 2.05) is 0 Å². The molecule has 1 heterocycles. The molecule has 9 nitrogen and oxygen atoms in total. The summed E-state index contributed by atoms with van der Waals surface area (Å²) in [5.41, 5.74) is 1.58. The molecule has 0 unspecified atom stereocenters. The van der Waals surface area contributed by atoms with Crippen LogP contribution in [0.25, 0.3) is 0 Å². The van der Waals surface area contributed by atoms with Crippen LogP contribution in [0.3, 0.4) is 0 Å². The number of hydrogen-bond donors (Lipinski definition) is 1. The van der Waals surface area contributed by atoms with Crippen LogP contribution in [0, 0.1) is 0 Å². The van der Waals surface area contributed by atoms with Gasteiger partial charge in [0.2, 0.25) is 5.75 Å². The standard InChI is InChI=1S/C20H26N2O7S/c1-7-29-19(24)16-11(2)21-20(30-10-15(23)27-5)22-17(16)12-8-13(25-3)18(28-6)14(9-12)26-4/h8-9,17H,7,10H2,1-6H3,(H,21,22)/t17-/m1/s1. The maximum absolute atomic E-state index is 12.7. The molecule has 0 fully saturated rings. The highest BCUT2D eigenvalue weighted by Gasteiger charge is 2.32. The molecule has 1 atom stereocenters. The maximum Gasteiger partial charge on any atom is 0.338 e. The Morgan fingerprint density at radius 3 is 2.23 bits per heavy atom. The summed E-state index contributed by atoms with van der Waals surface area (Å²) in [6.07, 6.45) is 0. The van der Waals surface area contributed by atoms with Gasteiger partial charge in [-0.2, -0.15) is 0 Å². The van der Waals surface area contributed by atoms with E-state index in [0.29, 0.717) is 39.2 Å². The van der Waals surface area contributed by atoms with E-state index in [-0.39, 0.29) is 18.3 Å². The molecule has 0 saturated heterocycles. The van der Waals surface area contributed by atoms with Gasteiger partial charge in [0, 0.05) is 5.70 Å². The highest BCUT2D eigenvalue weighted by molar-refractivity contribution is 8.14. The van der Waals surface area contributed by atoms with E-state index >= 15 is 0 Å². The fraction of sp³-hybridized carbons (Fsp3) is 0.450. The molecule has 1 aromatic carbocycles. The lowest BCUT2D eigenvalue weighted by Gasteiger charge is -2.26. The second kappa shape index (κ2) is 10.8. The first kappa shape index (κ1) is 23.4. The molecule has 164 valence electrons. The van der Waals surface area contributed by atoms with Crippen molar-refractivity contribution in [2.75, 3.05) is 40.8 Å². The molecule has 0 radical (unpaired) electrons. The Balaban J connectivity index is 2.56. The number of ether oxygens (including phenoxy) is 5. The van der Waals surface area contributed by atoms with E-state index in [1.54, 1.807) is 26.0 Å². The second-order valence-corrected chi connectivity index (χ2v) is 7.01. The summed E-state index contributed by atoms with van der Waals surface area (Å²) in [5, 5.41) is 3.54. The predicted molar refractivity (Wildman–Crippen MR) is 113 cm³/mol. The molecule has 0 amide bonds. The topological polar surface area (TPSA) is 105 Å². The summed E-state index contributed by atoms with van der Waals surface area (Å²) < 4.78 is 26.2. The van der Waals surface area contributed by atoms with Crippen LogP contribution >= 0.6 is 11.8 Å². The van der Waals surface area contributed by atoms with Crippen LogP contribution in [0.2, 0.25) is 0 Å². The van der Waals surface area contributed by atoms with Crippen molar-refractivity contribution in [1.29, 1.82) is 0 Å². The fourth-order valence-corrected chi connectivity index (χ4v) is 3.66. The van der Waals surface area contributed by atoms with Crippen molar-refractivity contribution in [1.82, 2.24) is 5.32 Å². The number of nitrogens with zero attached hydrogens (tertiary/aromatic N) is 1. The number of hydrogen-bond acceptors (Lipinski definition) is 10. The van der Waals surface area contributed by atoms with Gasteiger partial charge < -0.3 is 29.0 Å². The third kappa shape index (κ3) is 5.18. The van der Waals surface area contributed by atoms with E-state index in [2.05, 4.69) is 15.0 Å². The van der Waals surface area contributed by atoms with Gasteiger partial charge in [0.05, 0.1) is 46.4 Å². The molecule has 2 rings (SSSR count). The third-order valence-electron chi connectivity index (χ3n) is 4.27. The number of allylic oxidation sites excluding steroid dienone is 1. The summed E-state index contributed by atoms with van der Waals surface area (Å²) in [6.45, 7) is 3.72. The Morgan fingerprint density at radius 2 is 1.73 bits per heavy atom. The third-order valence-corrected chi connectivity index (χ3v) is 5.13. The van der Waals surface area contributed by atoms with Crippen LogP contribution in [0.1, 0.15) is 25.5 Å². The van der Waals surface area contributed by atoms with Gasteiger partial charge in [-0.3, -0.25) is 4.79 Å². The molecular formula is C20H26N2O7S. The zero-order valence-electron chi connectivity index (χ0n) is 17.9. The number of esters is 2. The van der Waals surface area contributed by atoms with Gasteiger partial charge in [0.15, 0.2) is 16.7 Å². The summed E-state index contributed by atoms with van der Waals surface area (Å²) in [7, 11) is 5.86. The van der Waals surface area contributed by atoms with E-state index in [9.17, 15) is 9.59 Å². The zero-order valence-corrected chi connectivity index (χ0v) is 18.7. The van der Waals surface area contributed by atoms with Gasteiger partial charge in [0.1, 0.15) is 6.04 Å². The summed E-state index contributed by atoms with van der Waals surface area (Å²) in [6, 6.07) is 2.77. The lowest BCUT2D eigenvalue weighted by molar-refractivity contribution is -0.139. The fourth-order valence-electron chi connectivity index (χ4n) is 2.88. The maximum atomic E-state index is 12.7. The number of carbonyl (C=O) groups excluding carboxylic acids is 2. The van der Waals surface area contributed by atoms with Crippen LogP contribution in [0.15, 0.2) is 28.4 Å². The predicted octanol–water partition coefficient (Wildman–Crippen LogP) is 2.46. The van der Waals surface area contributed by atoms with Gasteiger partial charge in [0.25, 0.3) is 0 Å². The lowest BCUT2D eigenvalue weighted by Crippen LogP contribution is -2.31. The minimum atomic E-state index is -0.695. The Hall–Kier alpha value is -2.88. The molecule has 0 saturated carbocycles. The molecule has 1 aliphatic rings. The number of methoxy groups -OCH3 is 4. The van der Waals surface area contributed by atoms with E-state index in [4.69, 9.17) is 18.9 Å². The Bertz CT molecular complexity index is 842. The highest BCUT2D eigenvalue weighted by atomic mass is 32.2. The van der Waals surface area contributed by atoms with Crippen molar-refractivity contribution in [2.24, 2.45) is 4.99 Å². The van der Waals surface area contributed by atoms with Crippen LogP contribution in [-0.4, -0.2) is 57.9 Å². The minimum absolute atomic E-state index is 0.0757. The number of thioether (sulfide) groups is 1. The van der Waals surface area contributed by atoms with E-state index < -0.39 is 12.0 Å². The zero-order chi connectivity index (χ0) is 22.3. The van der Waals surface area contributed by atoms with Crippen molar-refractivity contribution in [3.05, 3.63) is 29.0 Å². The second-order valence-electron chi connectivity index (χ2n) is 6.04. The largest absolute Gasteiger partial charge is 0.493 e. The van der Waals surface area contributed by atoms with E-state index in [0.717, 1.165) is 0 Å². The average Bonchev–Trinajstić information content (AvgIpc) is 2.75. The molecule has 1 aromatic rings. The Morgan fingerprint density at radius 1 is 1.10 bits per heavy atom. The minimum Gasteiger partial charge on any atom is -0.493 e. The number of benzene rings is 1. The van der Waals surface area contributed by atoms with Crippen LogP contribution in [-0.2, 0) is 19.1 Å². The van der Waals surface area contributed by atoms with Crippen molar-refractivity contribution in [2.45, 2.75) is 19.9 Å². The molecule has 10 heteroatoms. The van der Waals surface area contributed by atoms with Crippen molar-refractivity contribution >= 4 is 28.9 Å². The Kier molecular flexibility index (Phi) is 8.40. The van der Waals surface area contributed by atoms with Crippen molar-refractivity contribution in [3.63, 3.8) is 0 Å².